The molecule has 4 nitrogen and oxygen atoms in total. The maximum absolute atomic E-state index is 6.40. The Bertz CT molecular complexity index is 1170. The van der Waals surface area contributed by atoms with E-state index in [4.69, 9.17) is 28.8 Å². The molecule has 1 aliphatic heterocycles. The maximum Gasteiger partial charge on any atom is 0.170 e. The fourth-order valence-corrected chi connectivity index (χ4v) is 6.29. The number of hydrogen-bond donors (Lipinski definition) is 1. The number of halogens is 1. The van der Waals surface area contributed by atoms with Crippen LogP contribution in [0.2, 0.25) is 5.02 Å². The van der Waals surface area contributed by atoms with E-state index in [0.717, 1.165) is 21.5 Å². The van der Waals surface area contributed by atoms with Crippen molar-refractivity contribution in [1.82, 2.24) is 19.8 Å². The van der Waals surface area contributed by atoms with E-state index >= 15 is 0 Å². The number of nitrogens with one attached hydrogen (secondary N) is 1. The quantitative estimate of drug-likeness (QED) is 0.420. The SMILES string of the molecule is Cc1ccc(Cl)cc1-n1c(C)cc(C2C(c3ccccn3)NC(=S)N2C2CCCCC2)c1C. The summed E-state index contributed by atoms with van der Waals surface area (Å²) >= 11 is 12.3. The van der Waals surface area contributed by atoms with Gasteiger partial charge in [0.25, 0.3) is 0 Å². The molecule has 0 radical (unpaired) electrons. The summed E-state index contributed by atoms with van der Waals surface area (Å²) in [6.07, 6.45) is 8.12. The molecular formula is C27H31ClN4S. The number of pyridine rings is 1. The Hall–Kier alpha value is -2.37. The van der Waals surface area contributed by atoms with Gasteiger partial charge in [-0.1, -0.05) is 43.0 Å². The van der Waals surface area contributed by atoms with Crippen molar-refractivity contribution in [3.05, 3.63) is 81.9 Å². The summed E-state index contributed by atoms with van der Waals surface area (Å²) < 4.78 is 2.34. The van der Waals surface area contributed by atoms with Gasteiger partial charge in [0.2, 0.25) is 0 Å². The second-order valence-corrected chi connectivity index (χ2v) is 10.2. The molecule has 0 amide bonds. The van der Waals surface area contributed by atoms with Gasteiger partial charge in [0.05, 0.1) is 17.8 Å². The molecule has 0 bridgehead atoms. The highest BCUT2D eigenvalue weighted by atomic mass is 35.5. The lowest BCUT2D eigenvalue weighted by Gasteiger charge is -2.37. The van der Waals surface area contributed by atoms with Crippen molar-refractivity contribution in [2.75, 3.05) is 0 Å². The van der Waals surface area contributed by atoms with Gasteiger partial charge in [-0.2, -0.15) is 0 Å². The number of aryl methyl sites for hydroxylation is 2. The van der Waals surface area contributed by atoms with Gasteiger partial charge >= 0.3 is 0 Å². The van der Waals surface area contributed by atoms with Crippen LogP contribution < -0.4 is 5.32 Å². The van der Waals surface area contributed by atoms with Gasteiger partial charge in [0.1, 0.15) is 0 Å². The van der Waals surface area contributed by atoms with E-state index in [9.17, 15) is 0 Å². The first-order valence-corrected chi connectivity index (χ1v) is 12.7. The second-order valence-electron chi connectivity index (χ2n) is 9.42. The fraction of sp³-hybridized carbons (Fsp3) is 0.407. The van der Waals surface area contributed by atoms with Crippen molar-refractivity contribution in [1.29, 1.82) is 0 Å². The highest BCUT2D eigenvalue weighted by Crippen LogP contribution is 2.44. The zero-order valence-electron chi connectivity index (χ0n) is 19.5. The number of aromatic nitrogens is 2. The first kappa shape index (κ1) is 22.4. The third-order valence-corrected chi connectivity index (χ3v) is 7.87. The molecule has 2 atom stereocenters. The standard InChI is InChI=1S/C27H31ClN4S/c1-17-12-13-20(28)16-24(17)31-18(2)15-22(19(31)3)26-25(23-11-7-8-14-29-23)30-27(33)32(26)21-9-5-4-6-10-21/h7-8,11-16,21,25-26H,4-6,9-10H2,1-3H3,(H,30,33). The predicted molar refractivity (Wildman–Crippen MR) is 139 cm³/mol. The Morgan fingerprint density at radius 2 is 1.82 bits per heavy atom. The van der Waals surface area contributed by atoms with Crippen molar-refractivity contribution in [3.63, 3.8) is 0 Å². The van der Waals surface area contributed by atoms with Crippen LogP contribution in [-0.2, 0) is 0 Å². The maximum atomic E-state index is 6.40. The van der Waals surface area contributed by atoms with E-state index in [1.54, 1.807) is 0 Å². The first-order chi connectivity index (χ1) is 16.0. The molecule has 1 saturated carbocycles. The lowest BCUT2D eigenvalue weighted by atomic mass is 9.90. The Kier molecular flexibility index (Phi) is 6.19. The van der Waals surface area contributed by atoms with Crippen LogP contribution in [0.15, 0.2) is 48.7 Å². The molecule has 1 aliphatic carbocycles. The summed E-state index contributed by atoms with van der Waals surface area (Å²) in [4.78, 5) is 7.21. The number of nitrogens with zero attached hydrogens (tertiary/aromatic N) is 3. The molecule has 1 saturated heterocycles. The molecule has 0 spiro atoms. The van der Waals surface area contributed by atoms with E-state index in [2.05, 4.69) is 65.9 Å². The molecular weight excluding hydrogens is 448 g/mol. The number of benzene rings is 1. The molecule has 3 heterocycles. The summed E-state index contributed by atoms with van der Waals surface area (Å²) in [5.41, 5.74) is 7.12. The van der Waals surface area contributed by atoms with E-state index in [-0.39, 0.29) is 12.1 Å². The van der Waals surface area contributed by atoms with Crippen LogP contribution in [-0.4, -0.2) is 25.6 Å². The van der Waals surface area contributed by atoms with Crippen molar-refractivity contribution in [2.45, 2.75) is 71.0 Å². The fourth-order valence-electron chi connectivity index (χ4n) is 5.73. The first-order valence-electron chi connectivity index (χ1n) is 11.9. The van der Waals surface area contributed by atoms with Crippen LogP contribution in [0.5, 0.6) is 0 Å². The minimum atomic E-state index is 0.0232. The lowest BCUT2D eigenvalue weighted by molar-refractivity contribution is 0.197. The van der Waals surface area contributed by atoms with Crippen LogP contribution in [0.4, 0.5) is 0 Å². The van der Waals surface area contributed by atoms with Crippen LogP contribution in [0.25, 0.3) is 5.69 Å². The van der Waals surface area contributed by atoms with Crippen LogP contribution in [0.1, 0.15) is 72.4 Å². The minimum Gasteiger partial charge on any atom is -0.352 e. The monoisotopic (exact) mass is 478 g/mol. The van der Waals surface area contributed by atoms with E-state index in [1.807, 2.05) is 18.3 Å². The number of hydrogen-bond acceptors (Lipinski definition) is 2. The Morgan fingerprint density at radius 3 is 2.55 bits per heavy atom. The minimum absolute atomic E-state index is 0.0232. The molecule has 2 aliphatic rings. The third kappa shape index (κ3) is 4.06. The van der Waals surface area contributed by atoms with Crippen LogP contribution in [0.3, 0.4) is 0 Å². The molecule has 33 heavy (non-hydrogen) atoms. The summed E-state index contributed by atoms with van der Waals surface area (Å²) in [5, 5.41) is 5.25. The van der Waals surface area contributed by atoms with Crippen molar-refractivity contribution >= 4 is 28.9 Å². The van der Waals surface area contributed by atoms with Crippen LogP contribution >= 0.6 is 23.8 Å². The van der Waals surface area contributed by atoms with Gasteiger partial charge in [-0.05, 0) is 87.3 Å². The summed E-state index contributed by atoms with van der Waals surface area (Å²) in [6.45, 7) is 6.54. The van der Waals surface area contributed by atoms with E-state index < -0.39 is 0 Å². The molecule has 5 rings (SSSR count). The molecule has 2 fully saturated rings. The van der Waals surface area contributed by atoms with Gasteiger partial charge in [-0.25, -0.2) is 0 Å². The zero-order valence-corrected chi connectivity index (χ0v) is 21.1. The summed E-state index contributed by atoms with van der Waals surface area (Å²) in [6, 6.07) is 15.2. The van der Waals surface area contributed by atoms with Crippen molar-refractivity contribution < 1.29 is 0 Å². The molecule has 172 valence electrons. The molecule has 3 aromatic rings. The average Bonchev–Trinajstić information content (AvgIpc) is 3.32. The van der Waals surface area contributed by atoms with Gasteiger partial charge in [-0.3, -0.25) is 4.98 Å². The molecule has 2 unspecified atom stereocenters. The Morgan fingerprint density at radius 1 is 1.03 bits per heavy atom. The highest BCUT2D eigenvalue weighted by Gasteiger charge is 2.44. The second kappa shape index (κ2) is 9.11. The molecule has 1 N–H and O–H groups in total. The Labute approximate surface area is 207 Å². The molecule has 2 aromatic heterocycles. The Balaban J connectivity index is 1.65. The molecule has 1 aromatic carbocycles. The van der Waals surface area contributed by atoms with Gasteiger partial charge in [0.15, 0.2) is 5.11 Å². The topological polar surface area (TPSA) is 33.1 Å². The smallest absolute Gasteiger partial charge is 0.170 e. The van der Waals surface area contributed by atoms with E-state index in [1.165, 1.54) is 54.6 Å². The number of rotatable bonds is 4. The predicted octanol–water partition coefficient (Wildman–Crippen LogP) is 6.76. The summed E-state index contributed by atoms with van der Waals surface area (Å²) in [7, 11) is 0. The van der Waals surface area contributed by atoms with Gasteiger partial charge in [0, 0.05) is 34.3 Å². The van der Waals surface area contributed by atoms with Crippen molar-refractivity contribution in [3.8, 4) is 5.69 Å². The number of thiocarbonyl (C=S) groups is 1. The van der Waals surface area contributed by atoms with E-state index in [0.29, 0.717) is 6.04 Å². The highest BCUT2D eigenvalue weighted by molar-refractivity contribution is 7.80. The largest absolute Gasteiger partial charge is 0.352 e. The molecule has 6 heteroatoms. The van der Waals surface area contributed by atoms with Crippen molar-refractivity contribution in [2.24, 2.45) is 0 Å². The lowest BCUT2D eigenvalue weighted by Crippen LogP contribution is -2.40. The van der Waals surface area contributed by atoms with Gasteiger partial charge in [-0.15, -0.1) is 0 Å². The summed E-state index contributed by atoms with van der Waals surface area (Å²) in [5.74, 6) is 0. The normalized spacial score (nSPS) is 21.5. The third-order valence-electron chi connectivity index (χ3n) is 7.30. The zero-order chi connectivity index (χ0) is 23.1. The average molecular weight is 479 g/mol. The van der Waals surface area contributed by atoms with Gasteiger partial charge < -0.3 is 14.8 Å². The van der Waals surface area contributed by atoms with Crippen LogP contribution in [0, 0.1) is 20.8 Å².